The molecule has 1 aliphatic rings. The molecule has 4 N–H and O–H groups in total. The maximum absolute atomic E-state index is 9.83. The molecule has 3 aromatic rings. The van der Waals surface area contributed by atoms with Crippen LogP contribution in [0.4, 0.5) is 11.6 Å². The molecule has 3 heterocycles. The van der Waals surface area contributed by atoms with Gasteiger partial charge in [0, 0.05) is 30.7 Å². The van der Waals surface area contributed by atoms with E-state index in [0.29, 0.717) is 12.2 Å². The first-order chi connectivity index (χ1) is 16.4. The summed E-state index contributed by atoms with van der Waals surface area (Å²) in [4.78, 5) is 22.5. The van der Waals surface area contributed by atoms with Crippen molar-refractivity contribution in [1.29, 1.82) is 0 Å². The molecule has 9 nitrogen and oxygen atoms in total. The second-order valence-electron chi connectivity index (χ2n) is 7.69. The molecule has 0 radical (unpaired) electrons. The molecular weight excluding hydrogens is 428 g/mol. The SMILES string of the molecule is C=C(C=O)N=C(C)C.CN.Cn1cc(Nc2nccc(-c3ccc4c(c3)CCNCC4)n2)cn1. The van der Waals surface area contributed by atoms with Gasteiger partial charge >= 0.3 is 0 Å². The number of aryl methyl sites for hydroxylation is 1. The van der Waals surface area contributed by atoms with Crippen molar-refractivity contribution in [2.24, 2.45) is 17.8 Å². The number of nitrogens with zero attached hydrogens (tertiary/aromatic N) is 5. The highest BCUT2D eigenvalue weighted by molar-refractivity contribution is 5.84. The Labute approximate surface area is 201 Å². The van der Waals surface area contributed by atoms with Gasteiger partial charge in [0.25, 0.3) is 0 Å². The summed E-state index contributed by atoms with van der Waals surface area (Å²) in [6.07, 6.45) is 8.22. The van der Waals surface area contributed by atoms with E-state index < -0.39 is 0 Å². The van der Waals surface area contributed by atoms with E-state index in [1.54, 1.807) is 17.1 Å². The van der Waals surface area contributed by atoms with E-state index in [9.17, 15) is 4.79 Å². The van der Waals surface area contributed by atoms with E-state index in [4.69, 9.17) is 0 Å². The molecule has 1 aromatic carbocycles. The van der Waals surface area contributed by atoms with Crippen molar-refractivity contribution in [3.8, 4) is 11.3 Å². The standard InChI is InChI=1S/C18H20N6.C6H9NO.CH5N/c1-24-12-16(11-21-24)22-18-20-9-6-17(23-18)15-3-2-13-4-7-19-8-5-14(13)10-15;1-5(2)7-6(3)4-8;1-2/h2-3,6,9-12,19H,4-5,7-8H2,1H3,(H,20,22,23);4H,3H2,1-2H3;2H2,1H3. The average molecular weight is 463 g/mol. The highest BCUT2D eigenvalue weighted by Gasteiger charge is 2.10. The van der Waals surface area contributed by atoms with Gasteiger partial charge in [0.15, 0.2) is 6.29 Å². The van der Waals surface area contributed by atoms with E-state index in [1.165, 1.54) is 18.2 Å². The van der Waals surface area contributed by atoms with Crippen LogP contribution < -0.4 is 16.4 Å². The molecule has 0 saturated heterocycles. The number of hydrogen-bond donors (Lipinski definition) is 3. The topological polar surface area (TPSA) is 123 Å². The lowest BCUT2D eigenvalue weighted by Gasteiger charge is -2.09. The predicted molar refractivity (Wildman–Crippen MR) is 138 cm³/mol. The van der Waals surface area contributed by atoms with Crippen molar-refractivity contribution < 1.29 is 4.79 Å². The molecule has 0 spiro atoms. The Morgan fingerprint density at radius 1 is 1.21 bits per heavy atom. The number of allylic oxidation sites excluding steroid dienone is 1. The Morgan fingerprint density at radius 2 is 1.94 bits per heavy atom. The van der Waals surface area contributed by atoms with Crippen LogP contribution in [0.1, 0.15) is 25.0 Å². The molecule has 180 valence electrons. The molecule has 0 unspecified atom stereocenters. The van der Waals surface area contributed by atoms with Crippen molar-refractivity contribution >= 4 is 23.6 Å². The highest BCUT2D eigenvalue weighted by atomic mass is 16.1. The Morgan fingerprint density at radius 3 is 2.56 bits per heavy atom. The maximum atomic E-state index is 9.83. The van der Waals surface area contributed by atoms with E-state index in [1.807, 2.05) is 33.2 Å². The Kier molecular flexibility index (Phi) is 10.8. The first-order valence-electron chi connectivity index (χ1n) is 11.1. The summed E-state index contributed by atoms with van der Waals surface area (Å²) in [6.45, 7) is 9.08. The average Bonchev–Trinajstić information content (AvgIpc) is 3.10. The number of nitrogens with two attached hydrogens (primary N) is 1. The number of aromatic nitrogens is 4. The van der Waals surface area contributed by atoms with Crippen molar-refractivity contribution in [3.63, 3.8) is 0 Å². The number of hydrogen-bond acceptors (Lipinski definition) is 8. The predicted octanol–water partition coefficient (Wildman–Crippen LogP) is 3.06. The molecule has 4 rings (SSSR count). The van der Waals surface area contributed by atoms with Gasteiger partial charge in [0.05, 0.1) is 23.3 Å². The second-order valence-corrected chi connectivity index (χ2v) is 7.69. The molecule has 9 heteroatoms. The number of benzene rings is 1. The number of anilines is 2. The normalized spacial score (nSPS) is 11.9. The minimum atomic E-state index is 0.282. The zero-order valence-corrected chi connectivity index (χ0v) is 20.4. The third-order valence-electron chi connectivity index (χ3n) is 4.76. The Hall–Kier alpha value is -3.69. The fourth-order valence-corrected chi connectivity index (χ4v) is 3.34. The van der Waals surface area contributed by atoms with Crippen molar-refractivity contribution in [3.05, 3.63) is 66.3 Å². The summed E-state index contributed by atoms with van der Waals surface area (Å²) in [5.41, 5.74) is 11.4. The van der Waals surface area contributed by atoms with Crippen LogP contribution in [0.2, 0.25) is 0 Å². The summed E-state index contributed by atoms with van der Waals surface area (Å²) < 4.78 is 1.74. The van der Waals surface area contributed by atoms with Gasteiger partial charge in [-0.25, -0.2) is 9.97 Å². The van der Waals surface area contributed by atoms with Crippen molar-refractivity contribution in [1.82, 2.24) is 25.1 Å². The molecule has 0 fully saturated rings. The van der Waals surface area contributed by atoms with Gasteiger partial charge in [-0.15, -0.1) is 0 Å². The van der Waals surface area contributed by atoms with Gasteiger partial charge in [-0.05, 0) is 70.1 Å². The third kappa shape index (κ3) is 8.34. The number of carbonyl (C=O) groups is 1. The smallest absolute Gasteiger partial charge is 0.227 e. The van der Waals surface area contributed by atoms with E-state index in [0.717, 1.165) is 48.6 Å². The van der Waals surface area contributed by atoms with Crippen LogP contribution in [0.5, 0.6) is 0 Å². The van der Waals surface area contributed by atoms with Gasteiger partial charge in [0.1, 0.15) is 0 Å². The van der Waals surface area contributed by atoms with Crippen LogP contribution in [-0.4, -0.2) is 51.9 Å². The van der Waals surface area contributed by atoms with Gasteiger partial charge in [0.2, 0.25) is 5.95 Å². The van der Waals surface area contributed by atoms with E-state index in [2.05, 4.69) is 61.2 Å². The molecule has 1 aliphatic heterocycles. The summed E-state index contributed by atoms with van der Waals surface area (Å²) in [5.74, 6) is 0.581. The van der Waals surface area contributed by atoms with Gasteiger partial charge in [-0.1, -0.05) is 18.7 Å². The molecule has 34 heavy (non-hydrogen) atoms. The van der Waals surface area contributed by atoms with Gasteiger partial charge < -0.3 is 16.4 Å². The second kappa shape index (κ2) is 13.8. The van der Waals surface area contributed by atoms with Crippen LogP contribution in [-0.2, 0) is 24.7 Å². The number of aliphatic imine (C=N–C) groups is 1. The van der Waals surface area contributed by atoms with Crippen LogP contribution in [0.3, 0.4) is 0 Å². The lowest BCUT2D eigenvalue weighted by atomic mass is 9.99. The first kappa shape index (κ1) is 26.6. The number of carbonyl (C=O) groups excluding carboxylic acids is 1. The van der Waals surface area contributed by atoms with Gasteiger partial charge in [-0.2, -0.15) is 5.10 Å². The number of nitrogens with one attached hydrogen (secondary N) is 2. The fourth-order valence-electron chi connectivity index (χ4n) is 3.34. The number of aldehydes is 1. The molecule has 0 aliphatic carbocycles. The highest BCUT2D eigenvalue weighted by Crippen LogP contribution is 2.24. The van der Waals surface area contributed by atoms with Crippen molar-refractivity contribution in [2.45, 2.75) is 26.7 Å². The maximum Gasteiger partial charge on any atom is 0.227 e. The molecular formula is C25H34N8O. The number of fused-ring (bicyclic) bond motifs is 1. The monoisotopic (exact) mass is 462 g/mol. The largest absolute Gasteiger partial charge is 0.333 e. The zero-order chi connectivity index (χ0) is 24.9. The number of rotatable bonds is 5. The molecule has 2 aromatic heterocycles. The van der Waals surface area contributed by atoms with E-state index in [-0.39, 0.29) is 5.70 Å². The summed E-state index contributed by atoms with van der Waals surface area (Å²) in [5, 5.41) is 10.8. The minimum Gasteiger partial charge on any atom is -0.333 e. The zero-order valence-electron chi connectivity index (χ0n) is 20.4. The molecule has 0 bridgehead atoms. The minimum absolute atomic E-state index is 0.282. The van der Waals surface area contributed by atoms with Crippen LogP contribution in [0.25, 0.3) is 11.3 Å². The van der Waals surface area contributed by atoms with E-state index >= 15 is 0 Å². The Balaban J connectivity index is 0.000000350. The van der Waals surface area contributed by atoms with Crippen LogP contribution >= 0.6 is 0 Å². The first-order valence-corrected chi connectivity index (χ1v) is 11.1. The quantitative estimate of drug-likeness (QED) is 0.302. The summed E-state index contributed by atoms with van der Waals surface area (Å²) in [6, 6.07) is 8.60. The van der Waals surface area contributed by atoms with Crippen LogP contribution in [0.15, 0.2) is 60.1 Å². The fraction of sp³-hybridized carbons (Fsp3) is 0.320. The van der Waals surface area contributed by atoms with Crippen LogP contribution in [0, 0.1) is 0 Å². The van der Waals surface area contributed by atoms with Gasteiger partial charge in [-0.3, -0.25) is 14.5 Å². The lowest BCUT2D eigenvalue weighted by Crippen LogP contribution is -2.16. The third-order valence-corrected chi connectivity index (χ3v) is 4.76. The molecule has 0 atom stereocenters. The summed E-state index contributed by atoms with van der Waals surface area (Å²) in [7, 11) is 3.38. The summed E-state index contributed by atoms with van der Waals surface area (Å²) >= 11 is 0. The lowest BCUT2D eigenvalue weighted by molar-refractivity contribution is -0.104. The molecule has 0 amide bonds. The van der Waals surface area contributed by atoms with Crippen molar-refractivity contribution in [2.75, 3.05) is 25.5 Å². The molecule has 0 saturated carbocycles. The Bertz CT molecular complexity index is 1120.